The Balaban J connectivity index is 1.80. The van der Waals surface area contributed by atoms with Gasteiger partial charge in [0, 0.05) is 35.4 Å². The lowest BCUT2D eigenvalue weighted by atomic mass is 9.99. The fourth-order valence-electron chi connectivity index (χ4n) is 2.71. The van der Waals surface area contributed by atoms with Crippen molar-refractivity contribution in [1.29, 1.82) is 0 Å². The molecule has 1 aromatic carbocycles. The number of benzene rings is 1. The van der Waals surface area contributed by atoms with Gasteiger partial charge in [0.2, 0.25) is 0 Å². The lowest BCUT2D eigenvalue weighted by molar-refractivity contribution is 0.0526. The van der Waals surface area contributed by atoms with Crippen molar-refractivity contribution >= 4 is 16.8 Å². The summed E-state index contributed by atoms with van der Waals surface area (Å²) in [6, 6.07) is 7.67. The number of aliphatic hydroxyl groups is 1. The third-order valence-electron chi connectivity index (χ3n) is 4.04. The Morgan fingerprint density at radius 2 is 2.17 bits per heavy atom. The molecule has 2 aromatic heterocycles. The maximum absolute atomic E-state index is 12.6. The first kappa shape index (κ1) is 15.3. The van der Waals surface area contributed by atoms with E-state index in [0.29, 0.717) is 11.1 Å². The highest BCUT2D eigenvalue weighted by atomic mass is 16.3. The largest absolute Gasteiger partial charge is 0.383 e. The molecule has 3 aromatic rings. The second kappa shape index (κ2) is 5.55. The zero-order valence-electron chi connectivity index (χ0n) is 13.4. The van der Waals surface area contributed by atoms with E-state index in [0.717, 1.165) is 16.6 Å². The first-order valence-corrected chi connectivity index (χ1v) is 7.45. The maximum Gasteiger partial charge on any atom is 0.253 e. The normalized spacial score (nSPS) is 13.9. The number of H-pyrrole nitrogens is 1. The number of para-hydroxylation sites is 1. The van der Waals surface area contributed by atoms with Crippen molar-refractivity contribution in [2.75, 3.05) is 6.54 Å². The highest BCUT2D eigenvalue weighted by molar-refractivity contribution is 6.08. The summed E-state index contributed by atoms with van der Waals surface area (Å²) in [5.41, 5.74) is 1.83. The van der Waals surface area contributed by atoms with Gasteiger partial charge in [-0.3, -0.25) is 9.48 Å². The summed E-state index contributed by atoms with van der Waals surface area (Å²) in [6.45, 7) is 3.64. The Kier molecular flexibility index (Phi) is 3.69. The Bertz CT molecular complexity index is 860. The van der Waals surface area contributed by atoms with E-state index >= 15 is 0 Å². The molecule has 23 heavy (non-hydrogen) atoms. The van der Waals surface area contributed by atoms with Crippen molar-refractivity contribution in [3.8, 4) is 0 Å². The molecule has 1 amide bonds. The van der Waals surface area contributed by atoms with E-state index < -0.39 is 5.60 Å². The molecule has 3 N–H and O–H groups in total. The van der Waals surface area contributed by atoms with Crippen molar-refractivity contribution in [2.24, 2.45) is 7.05 Å². The summed E-state index contributed by atoms with van der Waals surface area (Å²) < 4.78 is 1.62. The summed E-state index contributed by atoms with van der Waals surface area (Å²) in [6.07, 6.45) is 3.34. The molecule has 0 aliphatic carbocycles. The molecular weight excluding hydrogens is 292 g/mol. The third kappa shape index (κ3) is 2.85. The van der Waals surface area contributed by atoms with Crippen LogP contribution in [0.15, 0.2) is 36.7 Å². The predicted molar refractivity (Wildman–Crippen MR) is 88.1 cm³/mol. The lowest BCUT2D eigenvalue weighted by Gasteiger charge is -2.22. The molecule has 6 nitrogen and oxygen atoms in total. The Hall–Kier alpha value is -2.60. The van der Waals surface area contributed by atoms with Gasteiger partial charge in [-0.15, -0.1) is 0 Å². The molecule has 0 fully saturated rings. The number of rotatable bonds is 4. The van der Waals surface area contributed by atoms with Gasteiger partial charge in [-0.2, -0.15) is 5.10 Å². The van der Waals surface area contributed by atoms with Crippen molar-refractivity contribution in [1.82, 2.24) is 20.1 Å². The number of amides is 1. The number of aromatic amines is 1. The molecule has 3 rings (SSSR count). The van der Waals surface area contributed by atoms with Gasteiger partial charge >= 0.3 is 0 Å². The van der Waals surface area contributed by atoms with Crippen molar-refractivity contribution in [2.45, 2.75) is 19.4 Å². The second-order valence-electron chi connectivity index (χ2n) is 6.03. The number of aryl methyl sites for hydroxylation is 2. The van der Waals surface area contributed by atoms with E-state index in [1.165, 1.54) is 0 Å². The van der Waals surface area contributed by atoms with Gasteiger partial charge in [-0.05, 0) is 19.9 Å². The summed E-state index contributed by atoms with van der Waals surface area (Å²) >= 11 is 0. The number of hydrogen-bond acceptors (Lipinski definition) is 3. The first-order chi connectivity index (χ1) is 10.9. The molecule has 0 saturated heterocycles. The number of hydrogen-bond donors (Lipinski definition) is 3. The number of fused-ring (bicyclic) bond motifs is 1. The first-order valence-electron chi connectivity index (χ1n) is 7.45. The van der Waals surface area contributed by atoms with Crippen LogP contribution in [0.1, 0.15) is 28.5 Å². The van der Waals surface area contributed by atoms with Gasteiger partial charge in [0.15, 0.2) is 0 Å². The average molecular weight is 312 g/mol. The van der Waals surface area contributed by atoms with Crippen LogP contribution >= 0.6 is 0 Å². The van der Waals surface area contributed by atoms with Gasteiger partial charge in [-0.1, -0.05) is 18.2 Å². The molecule has 120 valence electrons. The van der Waals surface area contributed by atoms with Crippen LogP contribution in [0.4, 0.5) is 0 Å². The van der Waals surface area contributed by atoms with Crippen molar-refractivity contribution in [3.05, 3.63) is 53.5 Å². The van der Waals surface area contributed by atoms with Crippen LogP contribution in [-0.2, 0) is 12.6 Å². The second-order valence-corrected chi connectivity index (χ2v) is 6.03. The summed E-state index contributed by atoms with van der Waals surface area (Å²) in [4.78, 5) is 15.8. The number of nitrogens with one attached hydrogen (secondary N) is 2. The molecule has 1 atom stereocenters. The summed E-state index contributed by atoms with van der Waals surface area (Å²) in [5.74, 6) is -0.205. The predicted octanol–water partition coefficient (Wildman–Crippen LogP) is 1.85. The minimum absolute atomic E-state index is 0.108. The monoisotopic (exact) mass is 312 g/mol. The number of carbonyl (C=O) groups is 1. The molecule has 0 aliphatic rings. The van der Waals surface area contributed by atoms with E-state index in [-0.39, 0.29) is 12.5 Å². The average Bonchev–Trinajstić information content (AvgIpc) is 3.08. The molecule has 1 unspecified atom stereocenters. The van der Waals surface area contributed by atoms with Crippen LogP contribution < -0.4 is 5.32 Å². The van der Waals surface area contributed by atoms with Crippen molar-refractivity contribution in [3.63, 3.8) is 0 Å². The van der Waals surface area contributed by atoms with E-state index in [9.17, 15) is 9.90 Å². The SMILES string of the molecule is Cc1[nH]c2ccccc2c1C(=O)NCC(C)(O)c1cnn(C)c1. The van der Waals surface area contributed by atoms with E-state index in [4.69, 9.17) is 0 Å². The van der Waals surface area contributed by atoms with E-state index in [1.807, 2.05) is 31.2 Å². The van der Waals surface area contributed by atoms with Gasteiger partial charge in [0.05, 0.1) is 18.3 Å². The van der Waals surface area contributed by atoms with Gasteiger partial charge in [-0.25, -0.2) is 0 Å². The number of nitrogens with zero attached hydrogens (tertiary/aromatic N) is 2. The molecule has 0 radical (unpaired) electrons. The molecule has 0 saturated carbocycles. The standard InChI is InChI=1S/C17H20N4O2/c1-11-15(13-6-4-5-7-14(13)20-11)16(22)18-10-17(2,23)12-8-19-21(3)9-12/h4-9,20,23H,10H2,1-3H3,(H,18,22). The minimum atomic E-state index is -1.18. The number of carbonyl (C=O) groups excluding carboxylic acids is 1. The molecule has 2 heterocycles. The Morgan fingerprint density at radius 1 is 1.43 bits per heavy atom. The zero-order chi connectivity index (χ0) is 16.6. The quantitative estimate of drug-likeness (QED) is 0.687. The van der Waals surface area contributed by atoms with E-state index in [1.54, 1.807) is 31.0 Å². The zero-order valence-corrected chi connectivity index (χ0v) is 13.4. The molecular formula is C17H20N4O2. The smallest absolute Gasteiger partial charge is 0.253 e. The molecule has 6 heteroatoms. The molecule has 0 aliphatic heterocycles. The fourth-order valence-corrected chi connectivity index (χ4v) is 2.71. The fraction of sp³-hybridized carbons (Fsp3) is 0.294. The lowest BCUT2D eigenvalue weighted by Crippen LogP contribution is -2.38. The van der Waals surface area contributed by atoms with Crippen LogP contribution in [-0.4, -0.2) is 32.3 Å². The number of aromatic nitrogens is 3. The van der Waals surface area contributed by atoms with Crippen LogP contribution in [0.5, 0.6) is 0 Å². The molecule has 0 spiro atoms. The van der Waals surface area contributed by atoms with Crippen molar-refractivity contribution < 1.29 is 9.90 Å². The Morgan fingerprint density at radius 3 is 2.87 bits per heavy atom. The highest BCUT2D eigenvalue weighted by Crippen LogP contribution is 2.23. The topological polar surface area (TPSA) is 82.9 Å². The highest BCUT2D eigenvalue weighted by Gasteiger charge is 2.26. The van der Waals surface area contributed by atoms with Gasteiger partial charge < -0.3 is 15.4 Å². The van der Waals surface area contributed by atoms with Gasteiger partial charge in [0.25, 0.3) is 5.91 Å². The summed E-state index contributed by atoms with van der Waals surface area (Å²) in [7, 11) is 1.79. The van der Waals surface area contributed by atoms with Crippen LogP contribution in [0.3, 0.4) is 0 Å². The molecule has 0 bridgehead atoms. The van der Waals surface area contributed by atoms with Crippen LogP contribution in [0, 0.1) is 6.92 Å². The Labute approximate surface area is 134 Å². The van der Waals surface area contributed by atoms with E-state index in [2.05, 4.69) is 15.4 Å². The maximum atomic E-state index is 12.6. The third-order valence-corrected chi connectivity index (χ3v) is 4.04. The van der Waals surface area contributed by atoms with Crippen LogP contribution in [0.2, 0.25) is 0 Å². The van der Waals surface area contributed by atoms with Crippen LogP contribution in [0.25, 0.3) is 10.9 Å². The minimum Gasteiger partial charge on any atom is -0.383 e. The van der Waals surface area contributed by atoms with Gasteiger partial charge in [0.1, 0.15) is 5.60 Å². The summed E-state index contributed by atoms with van der Waals surface area (Å²) in [5, 5.41) is 18.3.